The van der Waals surface area contributed by atoms with Crippen LogP contribution in [0.25, 0.3) is 11.0 Å². The van der Waals surface area contributed by atoms with Crippen molar-refractivity contribution >= 4 is 23.0 Å². The van der Waals surface area contributed by atoms with Gasteiger partial charge in [-0.25, -0.2) is 9.78 Å². The van der Waals surface area contributed by atoms with Crippen LogP contribution in [0, 0.1) is 0 Å². The number of nitrogens with zero attached hydrogens (tertiary/aromatic N) is 2. The van der Waals surface area contributed by atoms with Crippen molar-refractivity contribution in [2.75, 3.05) is 11.9 Å². The number of fused-ring (bicyclic) bond motifs is 3. The number of allylic oxidation sites excluding steroid dienone is 1. The summed E-state index contributed by atoms with van der Waals surface area (Å²) in [5.74, 6) is -0.00697. The number of ether oxygens (including phenoxy) is 1. The summed E-state index contributed by atoms with van der Waals surface area (Å²) in [6, 6.07) is 11.5. The molecule has 0 saturated carbocycles. The van der Waals surface area contributed by atoms with Gasteiger partial charge in [0.2, 0.25) is 5.95 Å². The minimum absolute atomic E-state index is 0.187. The van der Waals surface area contributed by atoms with Gasteiger partial charge in [-0.1, -0.05) is 24.3 Å². The summed E-state index contributed by atoms with van der Waals surface area (Å²) in [5, 5.41) is 3.12. The number of imidazole rings is 1. The molecule has 4 rings (SSSR count). The monoisotopic (exact) mass is 401 g/mol. The highest BCUT2D eigenvalue weighted by Crippen LogP contribution is 2.40. The lowest BCUT2D eigenvalue weighted by atomic mass is 9.94. The zero-order chi connectivity index (χ0) is 20.8. The van der Waals surface area contributed by atoms with Crippen molar-refractivity contribution in [3.05, 3.63) is 70.9 Å². The van der Waals surface area contributed by atoms with Crippen LogP contribution in [-0.4, -0.2) is 22.1 Å². The van der Waals surface area contributed by atoms with E-state index in [2.05, 4.69) is 10.3 Å². The van der Waals surface area contributed by atoms with Crippen LogP contribution < -0.4 is 5.32 Å². The highest BCUT2D eigenvalue weighted by atomic mass is 19.4. The Labute approximate surface area is 164 Å². The average Bonchev–Trinajstić information content (AvgIpc) is 3.04. The first-order chi connectivity index (χ1) is 13.8. The Bertz CT molecular complexity index is 1110. The van der Waals surface area contributed by atoms with Gasteiger partial charge < -0.3 is 10.1 Å². The Morgan fingerprint density at radius 2 is 1.86 bits per heavy atom. The maximum Gasteiger partial charge on any atom is 0.416 e. The lowest BCUT2D eigenvalue weighted by Crippen LogP contribution is -2.29. The molecule has 0 unspecified atom stereocenters. The Morgan fingerprint density at radius 1 is 1.17 bits per heavy atom. The molecule has 3 aromatic rings. The summed E-state index contributed by atoms with van der Waals surface area (Å²) in [6.45, 7) is 3.62. The van der Waals surface area contributed by atoms with Gasteiger partial charge in [0.15, 0.2) is 0 Å². The molecule has 0 aliphatic carbocycles. The van der Waals surface area contributed by atoms with E-state index in [4.69, 9.17) is 4.74 Å². The van der Waals surface area contributed by atoms with Crippen LogP contribution in [0.5, 0.6) is 0 Å². The molecule has 1 aliphatic rings. The van der Waals surface area contributed by atoms with E-state index >= 15 is 0 Å². The van der Waals surface area contributed by atoms with Crippen LogP contribution in [0.15, 0.2) is 59.8 Å². The summed E-state index contributed by atoms with van der Waals surface area (Å²) in [4.78, 5) is 17.3. The van der Waals surface area contributed by atoms with Crippen molar-refractivity contribution in [3.63, 3.8) is 0 Å². The van der Waals surface area contributed by atoms with E-state index in [-0.39, 0.29) is 6.61 Å². The third-order valence-electron chi connectivity index (χ3n) is 4.88. The first-order valence-corrected chi connectivity index (χ1v) is 9.10. The summed E-state index contributed by atoms with van der Waals surface area (Å²) < 4.78 is 46.1. The molecule has 29 heavy (non-hydrogen) atoms. The minimum Gasteiger partial charge on any atom is -0.463 e. The van der Waals surface area contributed by atoms with Gasteiger partial charge in [-0.15, -0.1) is 0 Å². The van der Waals surface area contributed by atoms with Gasteiger partial charge in [0.25, 0.3) is 0 Å². The molecule has 150 valence electrons. The van der Waals surface area contributed by atoms with E-state index < -0.39 is 23.8 Å². The number of esters is 1. The van der Waals surface area contributed by atoms with E-state index in [0.29, 0.717) is 28.3 Å². The van der Waals surface area contributed by atoms with Crippen LogP contribution in [0.2, 0.25) is 0 Å². The Balaban J connectivity index is 1.92. The van der Waals surface area contributed by atoms with Crippen molar-refractivity contribution in [2.45, 2.75) is 26.1 Å². The Kier molecular flexibility index (Phi) is 4.56. The molecule has 5 nitrogen and oxygen atoms in total. The van der Waals surface area contributed by atoms with Gasteiger partial charge in [0.05, 0.1) is 34.8 Å². The lowest BCUT2D eigenvalue weighted by molar-refractivity contribution is -0.139. The van der Waals surface area contributed by atoms with Crippen LogP contribution in [0.4, 0.5) is 19.1 Å². The molecule has 0 radical (unpaired) electrons. The third-order valence-corrected chi connectivity index (χ3v) is 4.88. The van der Waals surface area contributed by atoms with Gasteiger partial charge in [0.1, 0.15) is 0 Å². The van der Waals surface area contributed by atoms with E-state index in [1.807, 2.05) is 28.8 Å². The summed E-state index contributed by atoms with van der Waals surface area (Å²) in [5.41, 5.74) is 2.15. The number of halogens is 3. The second-order valence-corrected chi connectivity index (χ2v) is 6.70. The number of hydrogen-bond donors (Lipinski definition) is 1. The molecule has 1 aliphatic heterocycles. The largest absolute Gasteiger partial charge is 0.463 e. The number of nitrogens with one attached hydrogen (secondary N) is 1. The normalized spacial score (nSPS) is 16.5. The van der Waals surface area contributed by atoms with Crippen LogP contribution in [0.1, 0.15) is 31.0 Å². The van der Waals surface area contributed by atoms with Crippen molar-refractivity contribution < 1.29 is 22.7 Å². The first kappa shape index (κ1) is 19.0. The van der Waals surface area contributed by atoms with E-state index in [1.165, 1.54) is 12.1 Å². The molecule has 0 saturated heterocycles. The smallest absolute Gasteiger partial charge is 0.416 e. The summed E-state index contributed by atoms with van der Waals surface area (Å²) >= 11 is 0. The zero-order valence-corrected chi connectivity index (χ0v) is 15.7. The van der Waals surface area contributed by atoms with E-state index in [0.717, 1.165) is 17.6 Å². The fourth-order valence-electron chi connectivity index (χ4n) is 3.61. The molecule has 0 fully saturated rings. The number of rotatable bonds is 3. The number of anilines is 1. The molecule has 1 aromatic heterocycles. The molecule has 0 bridgehead atoms. The molecule has 1 atom stereocenters. The molecule has 0 spiro atoms. The molecule has 8 heteroatoms. The Morgan fingerprint density at radius 3 is 2.52 bits per heavy atom. The number of hydrogen-bond acceptors (Lipinski definition) is 4. The first-order valence-electron chi connectivity index (χ1n) is 9.10. The van der Waals surface area contributed by atoms with Gasteiger partial charge in [-0.2, -0.15) is 13.2 Å². The number of benzene rings is 2. The minimum atomic E-state index is -4.44. The Hall–Kier alpha value is -3.29. The van der Waals surface area contributed by atoms with Gasteiger partial charge in [-0.05, 0) is 43.7 Å². The quantitative estimate of drug-likeness (QED) is 0.634. The topological polar surface area (TPSA) is 56.1 Å². The van der Waals surface area contributed by atoms with Gasteiger partial charge in [0, 0.05) is 5.70 Å². The summed E-state index contributed by atoms with van der Waals surface area (Å²) in [6.07, 6.45) is -4.44. The molecule has 2 aromatic carbocycles. The highest BCUT2D eigenvalue weighted by molar-refractivity contribution is 5.94. The van der Waals surface area contributed by atoms with Crippen molar-refractivity contribution in [3.8, 4) is 0 Å². The molecule has 2 heterocycles. The second kappa shape index (κ2) is 6.95. The number of aromatic nitrogens is 2. The maximum absolute atomic E-state index is 13.0. The number of para-hydroxylation sites is 2. The van der Waals surface area contributed by atoms with E-state index in [9.17, 15) is 18.0 Å². The fourth-order valence-corrected chi connectivity index (χ4v) is 3.61. The fraction of sp³-hybridized carbons (Fsp3) is 0.238. The van der Waals surface area contributed by atoms with E-state index in [1.54, 1.807) is 13.8 Å². The van der Waals surface area contributed by atoms with Crippen LogP contribution in [0.3, 0.4) is 0 Å². The SMILES string of the molecule is CCOC(=O)C1=C(C)Nc2nc3ccccc3n2[C@@H]1c1ccc(C(F)(F)F)cc1. The zero-order valence-electron chi connectivity index (χ0n) is 15.7. The predicted molar refractivity (Wildman–Crippen MR) is 102 cm³/mol. The van der Waals surface area contributed by atoms with Gasteiger partial charge >= 0.3 is 12.1 Å². The molecular weight excluding hydrogens is 383 g/mol. The number of carbonyl (C=O) groups is 1. The summed E-state index contributed by atoms with van der Waals surface area (Å²) in [7, 11) is 0. The predicted octanol–water partition coefficient (Wildman–Crippen LogP) is 4.91. The van der Waals surface area contributed by atoms with Crippen molar-refractivity contribution in [1.29, 1.82) is 0 Å². The highest BCUT2D eigenvalue weighted by Gasteiger charge is 2.36. The second-order valence-electron chi connectivity index (χ2n) is 6.70. The molecular formula is C21H18F3N3O2. The average molecular weight is 401 g/mol. The number of carbonyl (C=O) groups excluding carboxylic acids is 1. The molecule has 0 amide bonds. The lowest BCUT2D eigenvalue weighted by Gasteiger charge is -2.30. The van der Waals surface area contributed by atoms with Crippen LogP contribution in [-0.2, 0) is 15.7 Å². The van der Waals surface area contributed by atoms with Crippen LogP contribution >= 0.6 is 0 Å². The molecule has 1 N–H and O–H groups in total. The number of alkyl halides is 3. The standard InChI is InChI=1S/C21H18F3N3O2/c1-3-29-19(28)17-12(2)25-20-26-15-6-4-5-7-16(15)27(20)18(17)13-8-10-14(11-9-13)21(22,23)24/h4-11,18H,3H2,1-2H3,(H,25,26)/t18-/m1/s1. The third kappa shape index (κ3) is 3.24. The van der Waals surface area contributed by atoms with Gasteiger partial charge in [-0.3, -0.25) is 4.57 Å². The van der Waals surface area contributed by atoms with Crippen molar-refractivity contribution in [1.82, 2.24) is 9.55 Å². The van der Waals surface area contributed by atoms with Crippen molar-refractivity contribution in [2.24, 2.45) is 0 Å². The maximum atomic E-state index is 13.0.